The van der Waals surface area contributed by atoms with Crippen LogP contribution in [0.25, 0.3) is 5.69 Å². The van der Waals surface area contributed by atoms with E-state index in [0.717, 1.165) is 22.5 Å². The molecule has 3 aromatic rings. The van der Waals surface area contributed by atoms with Gasteiger partial charge in [0.05, 0.1) is 11.7 Å². The lowest BCUT2D eigenvalue weighted by atomic mass is 10.0. The average molecular weight is 349 g/mol. The predicted octanol–water partition coefficient (Wildman–Crippen LogP) is 3.00. The molecule has 3 rings (SSSR count). The van der Waals surface area contributed by atoms with Crippen molar-refractivity contribution in [2.75, 3.05) is 12.8 Å². The highest BCUT2D eigenvalue weighted by atomic mass is 16.2. The van der Waals surface area contributed by atoms with Gasteiger partial charge in [-0.2, -0.15) is 5.10 Å². The standard InChI is InChI=1S/C20H23N5O/c1-15(16-7-10-18(11-8-16)25-14-22-13-23-25)24(2)20(26)12-9-17-5-3-4-6-19(17)21/h3-8,10-11,13-15H,9,12,21H2,1-2H3. The summed E-state index contributed by atoms with van der Waals surface area (Å²) in [6, 6.07) is 15.6. The van der Waals surface area contributed by atoms with Crippen molar-refractivity contribution in [1.29, 1.82) is 0 Å². The summed E-state index contributed by atoms with van der Waals surface area (Å²) in [4.78, 5) is 18.3. The smallest absolute Gasteiger partial charge is 0.223 e. The van der Waals surface area contributed by atoms with Crippen LogP contribution < -0.4 is 5.73 Å². The third-order valence-electron chi connectivity index (χ3n) is 4.70. The Labute approximate surface area is 153 Å². The molecular weight excluding hydrogens is 326 g/mol. The minimum Gasteiger partial charge on any atom is -0.399 e. The van der Waals surface area contributed by atoms with Crippen LogP contribution in [-0.4, -0.2) is 32.6 Å². The number of rotatable bonds is 6. The van der Waals surface area contributed by atoms with Crippen LogP contribution in [0.5, 0.6) is 0 Å². The highest BCUT2D eigenvalue weighted by molar-refractivity contribution is 5.77. The summed E-state index contributed by atoms with van der Waals surface area (Å²) in [5.41, 5.74) is 9.71. The number of aromatic nitrogens is 3. The van der Waals surface area contributed by atoms with Gasteiger partial charge < -0.3 is 10.6 Å². The lowest BCUT2D eigenvalue weighted by Gasteiger charge is -2.25. The second-order valence-electron chi connectivity index (χ2n) is 6.31. The molecule has 6 heteroatoms. The van der Waals surface area contributed by atoms with Gasteiger partial charge in [-0.15, -0.1) is 0 Å². The molecular formula is C20H23N5O. The van der Waals surface area contributed by atoms with Gasteiger partial charge in [0.1, 0.15) is 12.7 Å². The number of hydrogen-bond acceptors (Lipinski definition) is 4. The maximum absolute atomic E-state index is 12.6. The molecule has 0 aliphatic rings. The van der Waals surface area contributed by atoms with Crippen LogP contribution in [0.15, 0.2) is 61.2 Å². The molecule has 6 nitrogen and oxygen atoms in total. The first kappa shape index (κ1) is 17.7. The fourth-order valence-electron chi connectivity index (χ4n) is 2.87. The van der Waals surface area contributed by atoms with E-state index in [1.807, 2.05) is 62.5 Å². The fraction of sp³-hybridized carbons (Fsp3) is 0.250. The molecule has 1 aromatic heterocycles. The zero-order chi connectivity index (χ0) is 18.5. The Hall–Kier alpha value is -3.15. The van der Waals surface area contributed by atoms with Crippen molar-refractivity contribution in [3.63, 3.8) is 0 Å². The molecule has 0 radical (unpaired) electrons. The topological polar surface area (TPSA) is 77.0 Å². The Morgan fingerprint density at radius 2 is 1.92 bits per heavy atom. The lowest BCUT2D eigenvalue weighted by molar-refractivity contribution is -0.131. The Kier molecular flexibility index (Phi) is 5.31. The third-order valence-corrected chi connectivity index (χ3v) is 4.70. The van der Waals surface area contributed by atoms with Gasteiger partial charge in [0, 0.05) is 19.2 Å². The van der Waals surface area contributed by atoms with E-state index in [4.69, 9.17) is 5.73 Å². The number of nitrogens with two attached hydrogens (primary N) is 1. The van der Waals surface area contributed by atoms with Crippen LogP contribution in [0.1, 0.15) is 30.5 Å². The molecule has 0 spiro atoms. The number of amides is 1. The van der Waals surface area contributed by atoms with Crippen molar-refractivity contribution < 1.29 is 4.79 Å². The fourth-order valence-corrected chi connectivity index (χ4v) is 2.87. The van der Waals surface area contributed by atoms with Crippen LogP contribution in [0.2, 0.25) is 0 Å². The van der Waals surface area contributed by atoms with Crippen molar-refractivity contribution in [2.45, 2.75) is 25.8 Å². The molecule has 134 valence electrons. The van der Waals surface area contributed by atoms with Gasteiger partial charge in [-0.25, -0.2) is 9.67 Å². The molecule has 0 aliphatic carbocycles. The summed E-state index contributed by atoms with van der Waals surface area (Å²) < 4.78 is 1.70. The predicted molar refractivity (Wildman–Crippen MR) is 102 cm³/mol. The van der Waals surface area contributed by atoms with E-state index in [0.29, 0.717) is 12.8 Å². The molecule has 0 saturated heterocycles. The highest BCUT2D eigenvalue weighted by Crippen LogP contribution is 2.22. The van der Waals surface area contributed by atoms with Gasteiger partial charge in [0.15, 0.2) is 0 Å². The lowest BCUT2D eigenvalue weighted by Crippen LogP contribution is -2.29. The molecule has 2 N–H and O–H groups in total. The van der Waals surface area contributed by atoms with E-state index < -0.39 is 0 Å². The maximum atomic E-state index is 12.6. The Morgan fingerprint density at radius 1 is 1.19 bits per heavy atom. The summed E-state index contributed by atoms with van der Waals surface area (Å²) in [5.74, 6) is 0.0982. The van der Waals surface area contributed by atoms with Gasteiger partial charge in [-0.1, -0.05) is 30.3 Å². The minimum absolute atomic E-state index is 0.0135. The highest BCUT2D eigenvalue weighted by Gasteiger charge is 2.17. The SMILES string of the molecule is CC(c1ccc(-n2cncn2)cc1)N(C)C(=O)CCc1ccccc1N. The van der Waals surface area contributed by atoms with Crippen molar-refractivity contribution in [2.24, 2.45) is 0 Å². The number of nitrogen functional groups attached to an aromatic ring is 1. The largest absolute Gasteiger partial charge is 0.399 e. The third kappa shape index (κ3) is 3.91. The van der Waals surface area contributed by atoms with Crippen LogP contribution in [0, 0.1) is 0 Å². The van der Waals surface area contributed by atoms with Crippen LogP contribution in [-0.2, 0) is 11.2 Å². The van der Waals surface area contributed by atoms with Crippen molar-refractivity contribution >= 4 is 11.6 Å². The summed E-state index contributed by atoms with van der Waals surface area (Å²) in [6.07, 6.45) is 4.24. The number of carbonyl (C=O) groups excluding carboxylic acids is 1. The summed E-state index contributed by atoms with van der Waals surface area (Å²) >= 11 is 0. The van der Waals surface area contributed by atoms with E-state index in [9.17, 15) is 4.79 Å². The summed E-state index contributed by atoms with van der Waals surface area (Å²) in [7, 11) is 1.84. The first-order valence-corrected chi connectivity index (χ1v) is 8.60. The van der Waals surface area contributed by atoms with E-state index >= 15 is 0 Å². The van der Waals surface area contributed by atoms with Gasteiger partial charge in [-0.05, 0) is 42.7 Å². The van der Waals surface area contributed by atoms with Gasteiger partial charge in [-0.3, -0.25) is 4.79 Å². The van der Waals surface area contributed by atoms with E-state index in [1.165, 1.54) is 6.33 Å². The van der Waals surface area contributed by atoms with Gasteiger partial charge >= 0.3 is 0 Å². The number of anilines is 1. The molecule has 1 heterocycles. The molecule has 0 bridgehead atoms. The summed E-state index contributed by atoms with van der Waals surface area (Å²) in [5, 5.41) is 4.12. The number of aryl methyl sites for hydroxylation is 1. The van der Waals surface area contributed by atoms with Crippen LogP contribution in [0.3, 0.4) is 0 Å². The number of nitrogens with zero attached hydrogens (tertiary/aromatic N) is 4. The Balaban J connectivity index is 1.62. The zero-order valence-corrected chi connectivity index (χ0v) is 15.0. The normalized spacial score (nSPS) is 11.9. The van der Waals surface area contributed by atoms with Crippen LogP contribution >= 0.6 is 0 Å². The van der Waals surface area contributed by atoms with Gasteiger partial charge in [0.25, 0.3) is 0 Å². The summed E-state index contributed by atoms with van der Waals surface area (Å²) in [6.45, 7) is 2.03. The second-order valence-corrected chi connectivity index (χ2v) is 6.31. The Morgan fingerprint density at radius 3 is 2.58 bits per heavy atom. The van der Waals surface area contributed by atoms with Crippen molar-refractivity contribution in [3.05, 3.63) is 72.3 Å². The molecule has 26 heavy (non-hydrogen) atoms. The molecule has 0 fully saturated rings. The van der Waals surface area contributed by atoms with E-state index in [1.54, 1.807) is 15.9 Å². The zero-order valence-electron chi connectivity index (χ0n) is 15.0. The van der Waals surface area contributed by atoms with Crippen molar-refractivity contribution in [1.82, 2.24) is 19.7 Å². The van der Waals surface area contributed by atoms with Gasteiger partial charge in [0.2, 0.25) is 5.91 Å². The number of carbonyl (C=O) groups is 1. The Bertz CT molecular complexity index is 858. The molecule has 1 amide bonds. The quantitative estimate of drug-likeness (QED) is 0.694. The number of benzene rings is 2. The first-order valence-electron chi connectivity index (χ1n) is 8.60. The molecule has 2 aromatic carbocycles. The monoisotopic (exact) mass is 349 g/mol. The first-order chi connectivity index (χ1) is 12.6. The molecule has 1 atom stereocenters. The average Bonchev–Trinajstić information content (AvgIpc) is 3.21. The molecule has 0 aliphatic heterocycles. The molecule has 0 saturated carbocycles. The maximum Gasteiger partial charge on any atom is 0.223 e. The second kappa shape index (κ2) is 7.82. The molecule has 1 unspecified atom stereocenters. The van der Waals surface area contributed by atoms with Crippen LogP contribution in [0.4, 0.5) is 5.69 Å². The van der Waals surface area contributed by atoms with E-state index in [-0.39, 0.29) is 11.9 Å². The number of hydrogen-bond donors (Lipinski definition) is 1. The van der Waals surface area contributed by atoms with Crippen molar-refractivity contribution in [3.8, 4) is 5.69 Å². The number of para-hydroxylation sites is 1. The van der Waals surface area contributed by atoms with E-state index in [2.05, 4.69) is 10.1 Å². The minimum atomic E-state index is -0.0135.